The lowest BCUT2D eigenvalue weighted by atomic mass is 10.1. The van der Waals surface area contributed by atoms with Crippen LogP contribution in [-0.2, 0) is 0 Å². The number of rotatable bonds is 5. The first kappa shape index (κ1) is 15.3. The molecule has 100 valence electrons. The van der Waals surface area contributed by atoms with Crippen LogP contribution < -0.4 is 9.47 Å². The molecule has 0 spiro atoms. The predicted octanol–water partition coefficient (Wildman–Crippen LogP) is 3.64. The molecule has 0 atom stereocenters. The summed E-state index contributed by atoms with van der Waals surface area (Å²) in [4.78, 5) is 4.62. The van der Waals surface area contributed by atoms with E-state index in [-0.39, 0.29) is 5.54 Å². The summed E-state index contributed by atoms with van der Waals surface area (Å²) in [6, 6.07) is 3.93. The number of hydrogen-bond acceptors (Lipinski definition) is 3. The molecule has 0 bridgehead atoms. The summed E-state index contributed by atoms with van der Waals surface area (Å²) in [6.07, 6.45) is 1.88. The van der Waals surface area contributed by atoms with E-state index >= 15 is 0 Å². The number of nitrogens with zero attached hydrogens (tertiary/aromatic N) is 1. The third-order valence-corrected chi connectivity index (χ3v) is 4.54. The van der Waals surface area contributed by atoms with Gasteiger partial charge in [-0.2, -0.15) is 0 Å². The van der Waals surface area contributed by atoms with Crippen LogP contribution in [-0.4, -0.2) is 30.4 Å². The fourth-order valence-corrected chi connectivity index (χ4v) is 1.68. The van der Waals surface area contributed by atoms with Gasteiger partial charge in [0.05, 0.1) is 19.8 Å². The monoisotopic (exact) mass is 361 g/mol. The Hall–Kier alpha value is -0.780. The van der Waals surface area contributed by atoms with E-state index in [0.29, 0.717) is 0 Å². The Kier molecular flexibility index (Phi) is 5.44. The number of benzene rings is 1. The van der Waals surface area contributed by atoms with Crippen molar-refractivity contribution in [1.82, 2.24) is 0 Å². The van der Waals surface area contributed by atoms with E-state index in [1.165, 1.54) is 0 Å². The minimum atomic E-state index is -0.0684. The minimum absolute atomic E-state index is 0.0684. The molecule has 0 unspecified atom stereocenters. The number of ether oxygens (including phenoxy) is 2. The van der Waals surface area contributed by atoms with Gasteiger partial charge in [0.1, 0.15) is 0 Å². The molecule has 0 saturated carbocycles. The van der Waals surface area contributed by atoms with Crippen LogP contribution in [0.25, 0.3) is 0 Å². The zero-order valence-corrected chi connectivity index (χ0v) is 13.7. The van der Waals surface area contributed by atoms with Crippen LogP contribution >= 0.6 is 22.6 Å². The highest BCUT2D eigenvalue weighted by molar-refractivity contribution is 14.1. The van der Waals surface area contributed by atoms with Crippen LogP contribution in [0.3, 0.4) is 0 Å². The molecule has 1 aromatic carbocycles. The summed E-state index contributed by atoms with van der Waals surface area (Å²) in [5.41, 5.74) is 2.04. The van der Waals surface area contributed by atoms with E-state index in [0.717, 1.165) is 27.1 Å². The predicted molar refractivity (Wildman–Crippen MR) is 84.8 cm³/mol. The quantitative estimate of drug-likeness (QED) is 0.456. The summed E-state index contributed by atoms with van der Waals surface area (Å²) in [7, 11) is 3.29. The molecular formula is C14H20INO2. The molecule has 1 rings (SSSR count). The lowest BCUT2D eigenvalue weighted by molar-refractivity contribution is 0.354. The number of aliphatic imine (C=N–C) groups is 1. The highest BCUT2D eigenvalue weighted by atomic mass is 127. The normalized spacial score (nSPS) is 11.9. The van der Waals surface area contributed by atoms with Crippen LogP contribution in [0.1, 0.15) is 25.0 Å². The molecule has 0 aliphatic rings. The van der Waals surface area contributed by atoms with Gasteiger partial charge in [-0.1, -0.05) is 28.7 Å². The zero-order chi connectivity index (χ0) is 13.8. The smallest absolute Gasteiger partial charge is 0.169 e. The van der Waals surface area contributed by atoms with Crippen molar-refractivity contribution in [3.05, 3.63) is 23.3 Å². The fraction of sp³-hybridized carbons (Fsp3) is 0.500. The molecule has 0 N–H and O–H groups in total. The third kappa shape index (κ3) is 3.60. The summed E-state index contributed by atoms with van der Waals surface area (Å²) >= 11 is 2.34. The number of halogens is 1. The summed E-state index contributed by atoms with van der Waals surface area (Å²) in [5, 5.41) is 0. The van der Waals surface area contributed by atoms with Crippen LogP contribution in [0.4, 0.5) is 0 Å². The molecule has 1 aromatic rings. The van der Waals surface area contributed by atoms with Crippen molar-refractivity contribution in [2.24, 2.45) is 4.99 Å². The average Bonchev–Trinajstić information content (AvgIpc) is 2.36. The van der Waals surface area contributed by atoms with Crippen LogP contribution in [0.5, 0.6) is 11.5 Å². The Morgan fingerprint density at radius 2 is 1.94 bits per heavy atom. The van der Waals surface area contributed by atoms with Gasteiger partial charge in [-0.3, -0.25) is 4.99 Å². The topological polar surface area (TPSA) is 30.8 Å². The van der Waals surface area contributed by atoms with Gasteiger partial charge in [-0.05, 0) is 32.4 Å². The van der Waals surface area contributed by atoms with E-state index in [1.54, 1.807) is 14.2 Å². The molecule has 0 amide bonds. The maximum absolute atomic E-state index is 5.43. The molecule has 3 nitrogen and oxygen atoms in total. The van der Waals surface area contributed by atoms with Crippen LogP contribution in [0.15, 0.2) is 17.1 Å². The van der Waals surface area contributed by atoms with Crippen LogP contribution in [0, 0.1) is 6.92 Å². The second-order valence-electron chi connectivity index (χ2n) is 4.74. The molecule has 18 heavy (non-hydrogen) atoms. The molecule has 4 heteroatoms. The first-order chi connectivity index (χ1) is 8.45. The van der Waals surface area contributed by atoms with Gasteiger partial charge in [0.2, 0.25) is 0 Å². The van der Waals surface area contributed by atoms with Crippen molar-refractivity contribution in [3.63, 3.8) is 0 Å². The zero-order valence-electron chi connectivity index (χ0n) is 11.6. The summed E-state index contributed by atoms with van der Waals surface area (Å²) in [5.74, 6) is 1.47. The van der Waals surface area contributed by atoms with Gasteiger partial charge < -0.3 is 9.47 Å². The van der Waals surface area contributed by atoms with Crippen molar-refractivity contribution >= 4 is 28.8 Å². The van der Waals surface area contributed by atoms with Gasteiger partial charge in [-0.25, -0.2) is 0 Å². The number of hydrogen-bond donors (Lipinski definition) is 0. The maximum Gasteiger partial charge on any atom is 0.169 e. The van der Waals surface area contributed by atoms with Crippen LogP contribution in [0.2, 0.25) is 0 Å². The first-order valence-electron chi connectivity index (χ1n) is 5.78. The van der Waals surface area contributed by atoms with Gasteiger partial charge in [0.25, 0.3) is 0 Å². The fourth-order valence-electron chi connectivity index (χ4n) is 1.48. The molecule has 0 radical (unpaired) electrons. The standard InChI is InChI=1S/C14H20INO2/c1-10-6-7-12(17-4)13(18-5)11(10)8-16-14(2,3)9-15/h6-8H,9H2,1-5H3. The summed E-state index contributed by atoms with van der Waals surface area (Å²) < 4.78 is 11.7. The van der Waals surface area contributed by atoms with E-state index in [1.807, 2.05) is 25.3 Å². The third-order valence-electron chi connectivity index (χ3n) is 2.67. The second-order valence-corrected chi connectivity index (χ2v) is 5.50. The maximum atomic E-state index is 5.43. The Morgan fingerprint density at radius 3 is 2.44 bits per heavy atom. The van der Waals surface area contributed by atoms with E-state index in [2.05, 4.69) is 41.4 Å². The van der Waals surface area contributed by atoms with Gasteiger partial charge >= 0.3 is 0 Å². The molecule has 0 saturated heterocycles. The van der Waals surface area contributed by atoms with Crippen molar-refractivity contribution < 1.29 is 9.47 Å². The van der Waals surface area contributed by atoms with Crippen molar-refractivity contribution in [2.75, 3.05) is 18.6 Å². The number of methoxy groups -OCH3 is 2. The lowest BCUT2D eigenvalue weighted by Crippen LogP contribution is -2.18. The lowest BCUT2D eigenvalue weighted by Gasteiger charge is -2.17. The van der Waals surface area contributed by atoms with E-state index in [4.69, 9.17) is 9.47 Å². The first-order valence-corrected chi connectivity index (χ1v) is 7.30. The second kappa shape index (κ2) is 6.41. The highest BCUT2D eigenvalue weighted by Crippen LogP contribution is 2.32. The largest absolute Gasteiger partial charge is 0.493 e. The number of alkyl halides is 1. The molecule has 0 fully saturated rings. The average molecular weight is 361 g/mol. The van der Waals surface area contributed by atoms with Crippen molar-refractivity contribution in [3.8, 4) is 11.5 Å². The molecule has 0 aliphatic heterocycles. The van der Waals surface area contributed by atoms with Gasteiger partial charge in [-0.15, -0.1) is 0 Å². The SMILES string of the molecule is COc1ccc(C)c(C=NC(C)(C)CI)c1OC. The number of aryl methyl sites for hydroxylation is 1. The Balaban J connectivity index is 3.23. The summed E-state index contributed by atoms with van der Waals surface area (Å²) in [6.45, 7) is 6.26. The Labute approximate surface area is 123 Å². The van der Waals surface area contributed by atoms with Gasteiger partial charge in [0, 0.05) is 16.2 Å². The molecule has 0 aromatic heterocycles. The minimum Gasteiger partial charge on any atom is -0.493 e. The van der Waals surface area contributed by atoms with E-state index < -0.39 is 0 Å². The molecule has 0 aliphatic carbocycles. The van der Waals surface area contributed by atoms with E-state index in [9.17, 15) is 0 Å². The highest BCUT2D eigenvalue weighted by Gasteiger charge is 2.15. The van der Waals surface area contributed by atoms with Crippen molar-refractivity contribution in [2.45, 2.75) is 26.3 Å². The van der Waals surface area contributed by atoms with Gasteiger partial charge in [0.15, 0.2) is 11.5 Å². The molecule has 0 heterocycles. The molecular weight excluding hydrogens is 341 g/mol. The van der Waals surface area contributed by atoms with Crippen molar-refractivity contribution in [1.29, 1.82) is 0 Å². The Bertz CT molecular complexity index is 442. The Morgan fingerprint density at radius 1 is 1.28 bits per heavy atom.